The van der Waals surface area contributed by atoms with Gasteiger partial charge >= 0.3 is 0 Å². The van der Waals surface area contributed by atoms with Gasteiger partial charge in [0.05, 0.1) is 5.35 Å². The van der Waals surface area contributed by atoms with E-state index in [1.54, 1.807) is 12.2 Å². The van der Waals surface area contributed by atoms with Crippen LogP contribution in [-0.2, 0) is 0 Å². The van der Waals surface area contributed by atoms with E-state index in [2.05, 4.69) is 30.3 Å². The highest BCUT2D eigenvalue weighted by atomic mass is 14.6. The average molecular weight is 283 g/mol. The van der Waals surface area contributed by atoms with E-state index in [4.69, 9.17) is 0 Å². The molecule has 0 amide bonds. The first-order valence-electron chi connectivity index (χ1n) is 6.97. The fourth-order valence-corrected chi connectivity index (χ4v) is 1.69. The Kier molecular flexibility index (Phi) is 13.0. The molecule has 0 aliphatic heterocycles. The summed E-state index contributed by atoms with van der Waals surface area (Å²) in [6.07, 6.45) is 15.4. The lowest BCUT2D eigenvalue weighted by atomic mass is 10.1. The Labute approximate surface area is 130 Å². The van der Waals surface area contributed by atoms with E-state index in [1.165, 1.54) is 0 Å². The number of rotatable bonds is 4. The fraction of sp³-hybridized carbons (Fsp3) is 0.250. The van der Waals surface area contributed by atoms with E-state index >= 15 is 0 Å². The number of pyridine rings is 1. The molecule has 0 saturated carbocycles. The highest BCUT2D eigenvalue weighted by Crippen LogP contribution is 2.12. The van der Waals surface area contributed by atoms with Crippen molar-refractivity contribution < 1.29 is 0 Å². The van der Waals surface area contributed by atoms with Gasteiger partial charge in [-0.3, -0.25) is 4.98 Å². The van der Waals surface area contributed by atoms with Gasteiger partial charge in [0.25, 0.3) is 0 Å². The second-order valence-electron chi connectivity index (χ2n) is 3.75. The van der Waals surface area contributed by atoms with E-state index in [0.717, 1.165) is 21.7 Å². The van der Waals surface area contributed by atoms with Crippen LogP contribution in [0, 0.1) is 0 Å². The molecule has 1 heteroatoms. The van der Waals surface area contributed by atoms with Gasteiger partial charge in [0.1, 0.15) is 0 Å². The highest BCUT2D eigenvalue weighted by molar-refractivity contribution is 5.74. The largest absolute Gasteiger partial charge is 0.256 e. The predicted molar refractivity (Wildman–Crippen MR) is 99.4 cm³/mol. The van der Waals surface area contributed by atoms with Crippen molar-refractivity contribution in [2.75, 3.05) is 0 Å². The van der Waals surface area contributed by atoms with Gasteiger partial charge in [0.15, 0.2) is 0 Å². The van der Waals surface area contributed by atoms with Crippen molar-refractivity contribution in [3.8, 4) is 0 Å². The molecule has 0 aliphatic carbocycles. The van der Waals surface area contributed by atoms with Crippen LogP contribution in [0.5, 0.6) is 0 Å². The second kappa shape index (κ2) is 12.9. The standard InChI is InChI=1S/C17H19N.C2H6.CH4/c1-5-9-15(10-6-2)16-12-14(8-4)17(11-7-3)18-13-16;1-2;/h5-13H,1,3H2,2,4H3;1-2H3;1H4/b10-6-,14-8-,15-9+,17-11+;;. The van der Waals surface area contributed by atoms with Crippen molar-refractivity contribution >= 4 is 17.7 Å². The van der Waals surface area contributed by atoms with Crippen LogP contribution in [0.15, 0.2) is 55.8 Å². The number of nitrogens with zero attached hydrogens (tertiary/aromatic N) is 1. The number of aromatic nitrogens is 1. The third-order valence-electron chi connectivity index (χ3n) is 2.51. The van der Waals surface area contributed by atoms with Crippen LogP contribution in [0.25, 0.3) is 17.7 Å². The lowest BCUT2D eigenvalue weighted by Gasteiger charge is -2.01. The zero-order valence-corrected chi connectivity index (χ0v) is 13.1. The maximum absolute atomic E-state index is 4.46. The highest BCUT2D eigenvalue weighted by Gasteiger charge is 1.97. The van der Waals surface area contributed by atoms with Crippen LogP contribution in [0.4, 0.5) is 0 Å². The molecule has 1 rings (SSSR count). The molecule has 114 valence electrons. The van der Waals surface area contributed by atoms with Gasteiger partial charge in [0.2, 0.25) is 0 Å². The normalized spacial score (nSPS) is 12.5. The van der Waals surface area contributed by atoms with Crippen molar-refractivity contribution in [3.63, 3.8) is 0 Å². The molecule has 0 unspecified atom stereocenters. The minimum atomic E-state index is 0. The van der Waals surface area contributed by atoms with Gasteiger partial charge in [-0.1, -0.05) is 70.9 Å². The maximum atomic E-state index is 4.46. The summed E-state index contributed by atoms with van der Waals surface area (Å²) in [5.74, 6) is 0. The summed E-state index contributed by atoms with van der Waals surface area (Å²) in [7, 11) is 0. The summed E-state index contributed by atoms with van der Waals surface area (Å²) in [5, 5.41) is 2.04. The first kappa shape index (κ1) is 21.2. The molecule has 0 aliphatic rings. The molecular formula is C20H29N. The first-order chi connectivity index (χ1) is 9.76. The Morgan fingerprint density at radius 1 is 1.14 bits per heavy atom. The van der Waals surface area contributed by atoms with Crippen LogP contribution in [0.3, 0.4) is 0 Å². The van der Waals surface area contributed by atoms with E-state index < -0.39 is 0 Å². The smallest absolute Gasteiger partial charge is 0.0698 e. The maximum Gasteiger partial charge on any atom is 0.0698 e. The van der Waals surface area contributed by atoms with Crippen LogP contribution in [-0.4, -0.2) is 4.98 Å². The Morgan fingerprint density at radius 3 is 2.29 bits per heavy atom. The zero-order chi connectivity index (χ0) is 15.4. The van der Waals surface area contributed by atoms with Crippen molar-refractivity contribution in [2.45, 2.75) is 35.1 Å². The van der Waals surface area contributed by atoms with E-state index in [0.29, 0.717) is 0 Å². The van der Waals surface area contributed by atoms with Crippen LogP contribution >= 0.6 is 0 Å². The summed E-state index contributed by atoms with van der Waals surface area (Å²) in [6.45, 7) is 15.4. The second-order valence-corrected chi connectivity index (χ2v) is 3.75. The Bertz CT molecular complexity index is 601. The molecule has 0 aromatic carbocycles. The molecule has 0 fully saturated rings. The van der Waals surface area contributed by atoms with E-state index in [1.807, 2.05) is 58.2 Å². The average Bonchev–Trinajstić information content (AvgIpc) is 2.50. The van der Waals surface area contributed by atoms with Crippen LogP contribution in [0.2, 0.25) is 0 Å². The molecule has 0 saturated heterocycles. The van der Waals surface area contributed by atoms with E-state index in [-0.39, 0.29) is 7.43 Å². The van der Waals surface area contributed by atoms with E-state index in [9.17, 15) is 0 Å². The SMILES string of the molecule is C.C=C/C=C(\C=C/C)c1cnc(=C/C=C)/c(=C\C)c1.CC. The zero-order valence-electron chi connectivity index (χ0n) is 13.1. The van der Waals surface area contributed by atoms with Gasteiger partial charge in [0, 0.05) is 11.8 Å². The first-order valence-corrected chi connectivity index (χ1v) is 6.97. The molecule has 0 radical (unpaired) electrons. The van der Waals surface area contributed by atoms with Crippen molar-refractivity contribution in [1.82, 2.24) is 4.98 Å². The summed E-state index contributed by atoms with van der Waals surface area (Å²) < 4.78 is 0. The molecule has 0 bridgehead atoms. The molecule has 1 aromatic rings. The van der Waals surface area contributed by atoms with Crippen LogP contribution in [0.1, 0.15) is 40.7 Å². The molecule has 0 atom stereocenters. The molecule has 1 aromatic heterocycles. The molecule has 1 nitrogen and oxygen atoms in total. The molecule has 0 N–H and O–H groups in total. The van der Waals surface area contributed by atoms with Gasteiger partial charge in [-0.15, -0.1) is 0 Å². The number of allylic oxidation sites excluding steroid dienone is 6. The third-order valence-corrected chi connectivity index (χ3v) is 2.51. The van der Waals surface area contributed by atoms with Gasteiger partial charge in [-0.05, 0) is 36.8 Å². The minimum Gasteiger partial charge on any atom is -0.256 e. The Morgan fingerprint density at radius 2 is 1.81 bits per heavy atom. The van der Waals surface area contributed by atoms with Crippen LogP contribution < -0.4 is 10.6 Å². The quantitative estimate of drug-likeness (QED) is 0.733. The number of hydrogen-bond acceptors (Lipinski definition) is 1. The summed E-state index contributed by atoms with van der Waals surface area (Å²) in [5.41, 5.74) is 2.19. The van der Waals surface area contributed by atoms with Gasteiger partial charge in [-0.25, -0.2) is 0 Å². The summed E-state index contributed by atoms with van der Waals surface area (Å²) in [6, 6.07) is 2.12. The van der Waals surface area contributed by atoms with Crippen molar-refractivity contribution in [3.05, 3.63) is 71.9 Å². The molecule has 1 heterocycles. The van der Waals surface area contributed by atoms with Gasteiger partial charge < -0.3 is 0 Å². The molecule has 21 heavy (non-hydrogen) atoms. The summed E-state index contributed by atoms with van der Waals surface area (Å²) >= 11 is 0. The lowest BCUT2D eigenvalue weighted by Crippen LogP contribution is -2.27. The fourth-order valence-electron chi connectivity index (χ4n) is 1.69. The summed E-state index contributed by atoms with van der Waals surface area (Å²) in [4.78, 5) is 4.46. The number of hydrogen-bond donors (Lipinski definition) is 0. The minimum absolute atomic E-state index is 0. The predicted octanol–water partition coefficient (Wildman–Crippen LogP) is 4.66. The monoisotopic (exact) mass is 283 g/mol. The van der Waals surface area contributed by atoms with Crippen molar-refractivity contribution in [1.29, 1.82) is 0 Å². The third kappa shape index (κ3) is 6.71. The van der Waals surface area contributed by atoms with Gasteiger partial charge in [-0.2, -0.15) is 0 Å². The lowest BCUT2D eigenvalue weighted by molar-refractivity contribution is 1.21. The van der Waals surface area contributed by atoms with Crippen molar-refractivity contribution in [2.24, 2.45) is 0 Å². The molecule has 0 spiro atoms. The Balaban J connectivity index is 0. The Hall–Kier alpha value is -2.15. The topological polar surface area (TPSA) is 12.9 Å². The molecular weight excluding hydrogens is 254 g/mol.